The van der Waals surface area contributed by atoms with Crippen molar-refractivity contribution < 1.29 is 4.74 Å². The number of ether oxygens (including phenoxy) is 1. The minimum absolute atomic E-state index is 0.275. The molecular formula is C13H20BrNO. The Morgan fingerprint density at radius 2 is 2.06 bits per heavy atom. The molecule has 16 heavy (non-hydrogen) atoms. The number of nitrogens with two attached hydrogens (primary N) is 1. The first-order chi connectivity index (χ1) is 7.52. The fourth-order valence-electron chi connectivity index (χ4n) is 1.96. The average Bonchev–Trinajstić information content (AvgIpc) is 2.16. The molecule has 2 unspecified atom stereocenters. The molecule has 0 heterocycles. The van der Waals surface area contributed by atoms with Gasteiger partial charge in [-0.15, -0.1) is 0 Å². The van der Waals surface area contributed by atoms with Gasteiger partial charge in [0.25, 0.3) is 0 Å². The molecular weight excluding hydrogens is 266 g/mol. The van der Waals surface area contributed by atoms with Crippen LogP contribution in [0.5, 0.6) is 5.75 Å². The van der Waals surface area contributed by atoms with Crippen LogP contribution in [0, 0.1) is 5.92 Å². The number of halogens is 1. The zero-order valence-electron chi connectivity index (χ0n) is 10.2. The summed E-state index contributed by atoms with van der Waals surface area (Å²) < 4.78 is 6.22. The monoisotopic (exact) mass is 285 g/mol. The lowest BCUT2D eigenvalue weighted by atomic mass is 9.95. The van der Waals surface area contributed by atoms with Crippen LogP contribution in [0.4, 0.5) is 0 Å². The topological polar surface area (TPSA) is 35.2 Å². The van der Waals surface area contributed by atoms with E-state index in [4.69, 9.17) is 10.5 Å². The molecule has 0 saturated carbocycles. The molecule has 0 radical (unpaired) electrons. The fourth-order valence-corrected chi connectivity index (χ4v) is 2.55. The van der Waals surface area contributed by atoms with Crippen LogP contribution in [0.2, 0.25) is 0 Å². The highest BCUT2D eigenvalue weighted by molar-refractivity contribution is 9.10. The quantitative estimate of drug-likeness (QED) is 0.900. The summed E-state index contributed by atoms with van der Waals surface area (Å²) in [5.74, 6) is 1.49. The molecule has 2 atom stereocenters. The van der Waals surface area contributed by atoms with E-state index in [2.05, 4.69) is 41.9 Å². The number of hydrogen-bond acceptors (Lipinski definition) is 2. The van der Waals surface area contributed by atoms with Gasteiger partial charge in [-0.2, -0.15) is 0 Å². The van der Waals surface area contributed by atoms with E-state index in [1.807, 2.05) is 6.07 Å². The summed E-state index contributed by atoms with van der Waals surface area (Å²) in [5, 5.41) is 0. The second-order valence-corrected chi connectivity index (χ2v) is 5.35. The Labute approximate surface area is 106 Å². The highest BCUT2D eigenvalue weighted by Crippen LogP contribution is 2.26. The van der Waals surface area contributed by atoms with Gasteiger partial charge in [0.15, 0.2) is 0 Å². The van der Waals surface area contributed by atoms with Crippen molar-refractivity contribution in [3.05, 3.63) is 28.2 Å². The van der Waals surface area contributed by atoms with E-state index in [9.17, 15) is 0 Å². The summed E-state index contributed by atoms with van der Waals surface area (Å²) >= 11 is 3.50. The van der Waals surface area contributed by atoms with Gasteiger partial charge in [-0.1, -0.05) is 13.0 Å². The zero-order valence-corrected chi connectivity index (χ0v) is 11.8. The van der Waals surface area contributed by atoms with Crippen molar-refractivity contribution in [3.8, 4) is 5.75 Å². The molecule has 0 bridgehead atoms. The predicted molar refractivity (Wildman–Crippen MR) is 71.8 cm³/mol. The molecule has 1 aromatic rings. The van der Waals surface area contributed by atoms with Crippen LogP contribution in [0.1, 0.15) is 25.8 Å². The van der Waals surface area contributed by atoms with Crippen molar-refractivity contribution >= 4 is 15.9 Å². The van der Waals surface area contributed by atoms with Gasteiger partial charge in [-0.3, -0.25) is 0 Å². The molecule has 0 aliphatic heterocycles. The lowest BCUT2D eigenvalue weighted by Gasteiger charge is -2.14. The van der Waals surface area contributed by atoms with Gasteiger partial charge in [-0.05, 0) is 59.3 Å². The lowest BCUT2D eigenvalue weighted by Crippen LogP contribution is -2.19. The Hall–Kier alpha value is -0.540. The molecule has 0 aromatic heterocycles. The molecule has 90 valence electrons. The number of hydrogen-bond donors (Lipinski definition) is 1. The number of benzene rings is 1. The minimum atomic E-state index is 0.275. The van der Waals surface area contributed by atoms with Crippen molar-refractivity contribution in [2.75, 3.05) is 7.11 Å². The smallest absolute Gasteiger partial charge is 0.133 e. The minimum Gasteiger partial charge on any atom is -0.496 e. The van der Waals surface area contributed by atoms with Gasteiger partial charge in [0.05, 0.1) is 11.6 Å². The SMILES string of the molecule is COc1ccc(CC(C)CC(C)N)cc1Br. The van der Waals surface area contributed by atoms with E-state index in [1.165, 1.54) is 5.56 Å². The zero-order chi connectivity index (χ0) is 12.1. The van der Waals surface area contributed by atoms with Crippen LogP contribution >= 0.6 is 15.9 Å². The first-order valence-electron chi connectivity index (χ1n) is 5.61. The van der Waals surface area contributed by atoms with Gasteiger partial charge >= 0.3 is 0 Å². The first kappa shape index (κ1) is 13.5. The summed E-state index contributed by atoms with van der Waals surface area (Å²) in [6, 6.07) is 6.51. The van der Waals surface area contributed by atoms with E-state index in [1.54, 1.807) is 7.11 Å². The largest absolute Gasteiger partial charge is 0.496 e. The molecule has 2 nitrogen and oxygen atoms in total. The number of rotatable bonds is 5. The molecule has 0 fully saturated rings. The Balaban J connectivity index is 2.64. The highest BCUT2D eigenvalue weighted by Gasteiger charge is 2.08. The van der Waals surface area contributed by atoms with Crippen LogP contribution < -0.4 is 10.5 Å². The Morgan fingerprint density at radius 3 is 2.56 bits per heavy atom. The fraction of sp³-hybridized carbons (Fsp3) is 0.538. The second-order valence-electron chi connectivity index (χ2n) is 4.49. The van der Waals surface area contributed by atoms with Gasteiger partial charge in [0, 0.05) is 6.04 Å². The Kier molecular flexibility index (Phi) is 5.29. The van der Waals surface area contributed by atoms with Crippen molar-refractivity contribution in [1.29, 1.82) is 0 Å². The average molecular weight is 286 g/mol. The Morgan fingerprint density at radius 1 is 1.38 bits per heavy atom. The molecule has 3 heteroatoms. The molecule has 0 aliphatic rings. The van der Waals surface area contributed by atoms with Crippen LogP contribution in [-0.4, -0.2) is 13.2 Å². The summed E-state index contributed by atoms with van der Waals surface area (Å²) in [6.45, 7) is 4.29. The maximum Gasteiger partial charge on any atom is 0.133 e. The van der Waals surface area contributed by atoms with Gasteiger partial charge in [0.1, 0.15) is 5.75 Å². The van der Waals surface area contributed by atoms with Crippen molar-refractivity contribution in [2.24, 2.45) is 11.7 Å². The Bertz CT molecular complexity index is 339. The second kappa shape index (κ2) is 6.26. The first-order valence-corrected chi connectivity index (χ1v) is 6.40. The molecule has 0 saturated heterocycles. The molecule has 0 aliphatic carbocycles. The molecule has 1 aromatic carbocycles. The third-order valence-corrected chi connectivity index (χ3v) is 3.19. The third kappa shape index (κ3) is 4.14. The van der Waals surface area contributed by atoms with Crippen molar-refractivity contribution in [2.45, 2.75) is 32.7 Å². The van der Waals surface area contributed by atoms with Gasteiger partial charge < -0.3 is 10.5 Å². The predicted octanol–water partition coefficient (Wildman–Crippen LogP) is 3.37. The maximum atomic E-state index is 5.79. The van der Waals surface area contributed by atoms with Gasteiger partial charge in [0.2, 0.25) is 0 Å². The van der Waals surface area contributed by atoms with Crippen LogP contribution in [0.25, 0.3) is 0 Å². The van der Waals surface area contributed by atoms with E-state index in [-0.39, 0.29) is 6.04 Å². The third-order valence-electron chi connectivity index (χ3n) is 2.57. The lowest BCUT2D eigenvalue weighted by molar-refractivity contribution is 0.411. The maximum absolute atomic E-state index is 5.79. The summed E-state index contributed by atoms with van der Waals surface area (Å²) in [5.41, 5.74) is 7.11. The van der Waals surface area contributed by atoms with E-state index >= 15 is 0 Å². The van der Waals surface area contributed by atoms with Gasteiger partial charge in [-0.25, -0.2) is 0 Å². The van der Waals surface area contributed by atoms with Crippen molar-refractivity contribution in [3.63, 3.8) is 0 Å². The summed E-state index contributed by atoms with van der Waals surface area (Å²) in [7, 11) is 1.68. The molecule has 0 amide bonds. The normalized spacial score (nSPS) is 14.6. The number of methoxy groups -OCH3 is 1. The van der Waals surface area contributed by atoms with Crippen molar-refractivity contribution in [1.82, 2.24) is 0 Å². The summed E-state index contributed by atoms with van der Waals surface area (Å²) in [6.07, 6.45) is 2.12. The van der Waals surface area contributed by atoms with Crippen LogP contribution in [-0.2, 0) is 6.42 Å². The molecule has 2 N–H and O–H groups in total. The van der Waals surface area contributed by atoms with E-state index in [0.717, 1.165) is 23.1 Å². The van der Waals surface area contributed by atoms with E-state index < -0.39 is 0 Å². The molecule has 0 spiro atoms. The highest BCUT2D eigenvalue weighted by atomic mass is 79.9. The van der Waals surface area contributed by atoms with Crippen LogP contribution in [0.15, 0.2) is 22.7 Å². The van der Waals surface area contributed by atoms with E-state index in [0.29, 0.717) is 5.92 Å². The standard InChI is InChI=1S/C13H20BrNO/c1-9(6-10(2)15)7-11-4-5-13(16-3)12(14)8-11/h4-5,8-10H,6-7,15H2,1-3H3. The van der Waals surface area contributed by atoms with Crippen LogP contribution in [0.3, 0.4) is 0 Å². The molecule has 1 rings (SSSR count). The summed E-state index contributed by atoms with van der Waals surface area (Å²) in [4.78, 5) is 0.